The van der Waals surface area contributed by atoms with Crippen LogP contribution in [0.25, 0.3) is 22.5 Å². The fourth-order valence-corrected chi connectivity index (χ4v) is 5.00. The molecule has 2 aromatic carbocycles. The number of carbonyl (C=O) groups is 3. The van der Waals surface area contributed by atoms with Crippen molar-refractivity contribution in [2.75, 3.05) is 18.1 Å². The highest BCUT2D eigenvalue weighted by atomic mass is 16.5. The quantitative estimate of drug-likeness (QED) is 0.253. The highest BCUT2D eigenvalue weighted by molar-refractivity contribution is 6.01. The van der Waals surface area contributed by atoms with E-state index in [4.69, 9.17) is 4.74 Å². The topological polar surface area (TPSA) is 106 Å². The highest BCUT2D eigenvalue weighted by Gasteiger charge is 2.30. The standard InChI is InChI=1S/C34H45N5O4/c1-24(2)17-19-35-29(41)15-16-30(42)38-21-25-11-7-8-12-26(25)32-31(27-13-9-10-14-28(27)38)36-37-39(32)20-18-34(5,6)43-23-33(3,4)22-40/h7-14,22,24H,15-21,23H2,1-6H3,(H,35,41). The summed E-state index contributed by atoms with van der Waals surface area (Å²) in [6, 6.07) is 15.8. The van der Waals surface area contributed by atoms with Crippen LogP contribution in [0.2, 0.25) is 0 Å². The molecule has 9 nitrogen and oxygen atoms in total. The summed E-state index contributed by atoms with van der Waals surface area (Å²) in [5.41, 5.74) is 4.05. The minimum atomic E-state index is -0.552. The van der Waals surface area contributed by atoms with Crippen LogP contribution in [-0.2, 0) is 32.2 Å². The Labute approximate surface area is 255 Å². The molecule has 0 unspecified atom stereocenters. The second kappa shape index (κ2) is 13.6. The molecule has 2 heterocycles. The SMILES string of the molecule is CC(C)CCNC(=O)CCC(=O)N1Cc2ccccc2-c2c(nnn2CCC(C)(C)OCC(C)(C)C=O)-c2ccccc21. The maximum Gasteiger partial charge on any atom is 0.227 e. The van der Waals surface area contributed by atoms with Crippen LogP contribution >= 0.6 is 0 Å². The maximum absolute atomic E-state index is 13.7. The third kappa shape index (κ3) is 8.16. The van der Waals surface area contributed by atoms with Crippen LogP contribution in [0.5, 0.6) is 0 Å². The van der Waals surface area contributed by atoms with Gasteiger partial charge in [-0.15, -0.1) is 5.10 Å². The summed E-state index contributed by atoms with van der Waals surface area (Å²) in [6.45, 7) is 13.9. The maximum atomic E-state index is 13.7. The van der Waals surface area contributed by atoms with Gasteiger partial charge in [-0.1, -0.05) is 75.4 Å². The van der Waals surface area contributed by atoms with Crippen molar-refractivity contribution in [1.82, 2.24) is 20.3 Å². The van der Waals surface area contributed by atoms with Crippen molar-refractivity contribution in [3.8, 4) is 22.5 Å². The average molecular weight is 588 g/mol. The number of fused-ring (bicyclic) bond motifs is 5. The predicted octanol–water partition coefficient (Wildman–Crippen LogP) is 5.81. The molecule has 0 saturated carbocycles. The number of rotatable bonds is 13. The van der Waals surface area contributed by atoms with Crippen molar-refractivity contribution in [3.63, 3.8) is 0 Å². The fraction of sp³-hybridized carbons (Fsp3) is 0.500. The Balaban J connectivity index is 1.61. The van der Waals surface area contributed by atoms with Gasteiger partial charge in [-0.25, -0.2) is 4.68 Å². The lowest BCUT2D eigenvalue weighted by Crippen LogP contribution is -2.33. The molecule has 1 aliphatic heterocycles. The first-order valence-corrected chi connectivity index (χ1v) is 15.2. The number of ether oxygens (including phenoxy) is 1. The summed E-state index contributed by atoms with van der Waals surface area (Å²) in [7, 11) is 0. The van der Waals surface area contributed by atoms with E-state index in [1.54, 1.807) is 4.90 Å². The lowest BCUT2D eigenvalue weighted by Gasteiger charge is -2.30. The van der Waals surface area contributed by atoms with Gasteiger partial charge in [0.15, 0.2) is 0 Å². The number of hydrogen-bond acceptors (Lipinski definition) is 6. The summed E-state index contributed by atoms with van der Waals surface area (Å²) < 4.78 is 8.06. The number of hydrogen-bond donors (Lipinski definition) is 1. The van der Waals surface area contributed by atoms with Crippen LogP contribution in [0.15, 0.2) is 48.5 Å². The first kappa shape index (κ1) is 32.1. The number of aryl methyl sites for hydroxylation is 1. The molecular weight excluding hydrogens is 542 g/mol. The minimum Gasteiger partial charge on any atom is -0.375 e. The van der Waals surface area contributed by atoms with Crippen molar-refractivity contribution < 1.29 is 19.1 Å². The van der Waals surface area contributed by atoms with E-state index in [1.807, 2.05) is 80.9 Å². The van der Waals surface area contributed by atoms with E-state index in [0.717, 1.165) is 40.8 Å². The molecule has 0 radical (unpaired) electrons. The Morgan fingerprint density at radius 3 is 2.44 bits per heavy atom. The van der Waals surface area contributed by atoms with E-state index in [9.17, 15) is 14.4 Å². The molecule has 9 heteroatoms. The van der Waals surface area contributed by atoms with Crippen molar-refractivity contribution in [3.05, 3.63) is 54.1 Å². The zero-order valence-electron chi connectivity index (χ0n) is 26.4. The number of para-hydroxylation sites is 1. The van der Waals surface area contributed by atoms with Gasteiger partial charge in [0.2, 0.25) is 11.8 Å². The van der Waals surface area contributed by atoms with Crippen LogP contribution in [0.1, 0.15) is 72.8 Å². The Bertz CT molecular complexity index is 1440. The zero-order valence-corrected chi connectivity index (χ0v) is 26.4. The largest absolute Gasteiger partial charge is 0.375 e. The Hall–Kier alpha value is -3.85. The fourth-order valence-electron chi connectivity index (χ4n) is 5.00. The second-order valence-corrected chi connectivity index (χ2v) is 13.1. The zero-order chi connectivity index (χ0) is 31.2. The molecular formula is C34H45N5O4. The van der Waals surface area contributed by atoms with Crippen LogP contribution in [0.3, 0.4) is 0 Å². The number of nitrogens with one attached hydrogen (secondary N) is 1. The molecule has 0 saturated heterocycles. The third-order valence-corrected chi connectivity index (χ3v) is 7.78. The molecule has 0 bridgehead atoms. The molecule has 0 atom stereocenters. The summed E-state index contributed by atoms with van der Waals surface area (Å²) in [4.78, 5) is 39.3. The van der Waals surface area contributed by atoms with E-state index in [1.165, 1.54) is 0 Å². The van der Waals surface area contributed by atoms with Crippen molar-refractivity contribution in [2.45, 2.75) is 85.9 Å². The Morgan fingerprint density at radius 1 is 1.02 bits per heavy atom. The van der Waals surface area contributed by atoms with Crippen LogP contribution in [0.4, 0.5) is 5.69 Å². The Morgan fingerprint density at radius 2 is 1.72 bits per heavy atom. The smallest absolute Gasteiger partial charge is 0.227 e. The van der Waals surface area contributed by atoms with Gasteiger partial charge < -0.3 is 19.7 Å². The van der Waals surface area contributed by atoms with Crippen molar-refractivity contribution in [2.24, 2.45) is 11.3 Å². The number of amides is 2. The second-order valence-electron chi connectivity index (χ2n) is 13.1. The van der Waals surface area contributed by atoms with Gasteiger partial charge >= 0.3 is 0 Å². The van der Waals surface area contributed by atoms with Gasteiger partial charge in [0.1, 0.15) is 12.0 Å². The molecule has 43 heavy (non-hydrogen) atoms. The molecule has 2 amide bonds. The van der Waals surface area contributed by atoms with Gasteiger partial charge in [0, 0.05) is 42.5 Å². The van der Waals surface area contributed by atoms with Gasteiger partial charge in [0.05, 0.1) is 30.1 Å². The Kier molecular flexibility index (Phi) is 10.2. The van der Waals surface area contributed by atoms with Gasteiger partial charge in [-0.05, 0) is 44.2 Å². The lowest BCUT2D eigenvalue weighted by molar-refractivity contribution is -0.125. The number of aldehydes is 1. The monoisotopic (exact) mass is 587 g/mol. The summed E-state index contributed by atoms with van der Waals surface area (Å²) >= 11 is 0. The number of aromatic nitrogens is 3. The number of anilines is 1. The molecule has 1 aliphatic rings. The van der Waals surface area contributed by atoms with E-state index in [0.29, 0.717) is 44.3 Å². The summed E-state index contributed by atoms with van der Waals surface area (Å²) in [5.74, 6) is 0.277. The lowest BCUT2D eigenvalue weighted by atomic mass is 9.95. The van der Waals surface area contributed by atoms with Crippen LogP contribution < -0.4 is 10.2 Å². The van der Waals surface area contributed by atoms with E-state index >= 15 is 0 Å². The predicted molar refractivity (Wildman–Crippen MR) is 168 cm³/mol. The van der Waals surface area contributed by atoms with Crippen LogP contribution in [0, 0.1) is 11.3 Å². The van der Waals surface area contributed by atoms with Crippen molar-refractivity contribution >= 4 is 23.8 Å². The summed E-state index contributed by atoms with van der Waals surface area (Å²) in [6.07, 6.45) is 2.74. The third-order valence-electron chi connectivity index (χ3n) is 7.78. The van der Waals surface area contributed by atoms with Gasteiger partial charge in [-0.3, -0.25) is 9.59 Å². The van der Waals surface area contributed by atoms with E-state index in [-0.39, 0.29) is 24.7 Å². The van der Waals surface area contributed by atoms with Crippen LogP contribution in [-0.4, -0.2) is 51.8 Å². The number of nitrogens with zero attached hydrogens (tertiary/aromatic N) is 4. The van der Waals surface area contributed by atoms with Crippen molar-refractivity contribution in [1.29, 1.82) is 0 Å². The molecule has 230 valence electrons. The first-order chi connectivity index (χ1) is 20.4. The normalized spacial score (nSPS) is 13.0. The minimum absolute atomic E-state index is 0.110. The molecule has 1 N–H and O–H groups in total. The number of benzene rings is 2. The summed E-state index contributed by atoms with van der Waals surface area (Å²) in [5, 5.41) is 12.1. The molecule has 0 spiro atoms. The molecule has 0 aliphatic carbocycles. The van der Waals surface area contributed by atoms with E-state index < -0.39 is 11.0 Å². The van der Waals surface area contributed by atoms with E-state index in [2.05, 4.69) is 29.5 Å². The van der Waals surface area contributed by atoms with Gasteiger partial charge in [0.25, 0.3) is 0 Å². The number of carbonyl (C=O) groups excluding carboxylic acids is 3. The molecule has 3 aromatic rings. The average Bonchev–Trinajstić information content (AvgIpc) is 3.39. The first-order valence-electron chi connectivity index (χ1n) is 15.2. The molecule has 0 fully saturated rings. The molecule has 1 aromatic heterocycles. The van der Waals surface area contributed by atoms with Gasteiger partial charge in [-0.2, -0.15) is 0 Å². The highest BCUT2D eigenvalue weighted by Crippen LogP contribution is 2.41. The molecule has 4 rings (SSSR count).